The first kappa shape index (κ1) is 27.0. The Bertz CT molecular complexity index is 1500. The van der Waals surface area contributed by atoms with Crippen LogP contribution in [0.25, 0.3) is 0 Å². The average Bonchev–Trinajstić information content (AvgIpc) is 3.70. The number of thioether (sulfide) groups is 1. The third-order valence-corrected chi connectivity index (χ3v) is 9.04. The van der Waals surface area contributed by atoms with Gasteiger partial charge in [-0.1, -0.05) is 72.8 Å². The number of ether oxygens (including phenoxy) is 1. The van der Waals surface area contributed by atoms with Crippen LogP contribution >= 0.6 is 34.4 Å². The van der Waals surface area contributed by atoms with E-state index >= 15 is 0 Å². The summed E-state index contributed by atoms with van der Waals surface area (Å²) in [5.74, 6) is -1.07. The molecule has 2 aromatic heterocycles. The summed E-state index contributed by atoms with van der Waals surface area (Å²) in [7, 11) is 0. The van der Waals surface area contributed by atoms with Crippen LogP contribution in [0.4, 0.5) is 9.52 Å². The topological polar surface area (TPSA) is 92.6 Å². The number of benzene rings is 2. The summed E-state index contributed by atoms with van der Waals surface area (Å²) in [4.78, 5) is 28.6. The van der Waals surface area contributed by atoms with Gasteiger partial charge in [-0.25, -0.2) is 4.39 Å². The number of thiophene rings is 1. The number of halogens is 1. The molecule has 1 aliphatic rings. The number of aliphatic hydroxyl groups excluding tert-OH is 1. The standard InChI is InChI=1S/C28H24FN3O4S3/c1-2-3-14-36-19-12-10-17(11-13-19)23-22(24(33)21-9-6-15-37-21)25(34)26(35)32(23)27-30-31-28(39-27)38-16-18-7-4-5-8-20(18)29/h4-13,15,23,34H,2-3,14,16H2,1H3. The van der Waals surface area contributed by atoms with Crippen LogP contribution in [-0.2, 0) is 10.5 Å². The van der Waals surface area contributed by atoms with Gasteiger partial charge in [-0.15, -0.1) is 21.5 Å². The molecule has 0 bridgehead atoms. The van der Waals surface area contributed by atoms with E-state index in [1.54, 1.807) is 60.0 Å². The number of carbonyl (C=O) groups excluding carboxylic acids is 2. The maximum atomic E-state index is 14.1. The van der Waals surface area contributed by atoms with E-state index in [0.29, 0.717) is 38.5 Å². The van der Waals surface area contributed by atoms with Crippen LogP contribution < -0.4 is 9.64 Å². The molecular formula is C28H24FN3O4S3. The van der Waals surface area contributed by atoms with Gasteiger partial charge in [0.15, 0.2) is 10.1 Å². The minimum atomic E-state index is -0.908. The molecule has 5 rings (SSSR count). The number of nitrogens with zero attached hydrogens (tertiary/aromatic N) is 3. The van der Waals surface area contributed by atoms with E-state index in [1.165, 1.54) is 34.1 Å². The van der Waals surface area contributed by atoms with Crippen LogP contribution in [0.15, 0.2) is 81.7 Å². The van der Waals surface area contributed by atoms with Gasteiger partial charge >= 0.3 is 0 Å². The van der Waals surface area contributed by atoms with Crippen LogP contribution in [0.3, 0.4) is 0 Å². The highest BCUT2D eigenvalue weighted by molar-refractivity contribution is 8.00. The second kappa shape index (κ2) is 12.1. The number of unbranched alkanes of at least 4 members (excludes halogenated alkanes) is 1. The zero-order valence-corrected chi connectivity index (χ0v) is 23.3. The molecule has 0 saturated heterocycles. The molecule has 0 spiro atoms. The number of aliphatic hydroxyl groups is 1. The largest absolute Gasteiger partial charge is 0.503 e. The van der Waals surface area contributed by atoms with E-state index in [1.807, 2.05) is 0 Å². The Morgan fingerprint density at radius 3 is 2.64 bits per heavy atom. The van der Waals surface area contributed by atoms with E-state index in [4.69, 9.17) is 4.74 Å². The minimum absolute atomic E-state index is 0.0159. The molecule has 3 heterocycles. The first-order chi connectivity index (χ1) is 19.0. The lowest BCUT2D eigenvalue weighted by Crippen LogP contribution is -2.31. The molecule has 0 radical (unpaired) electrons. The van der Waals surface area contributed by atoms with Crippen molar-refractivity contribution >= 4 is 51.3 Å². The highest BCUT2D eigenvalue weighted by Gasteiger charge is 2.46. The van der Waals surface area contributed by atoms with Gasteiger partial charge < -0.3 is 9.84 Å². The molecule has 0 saturated carbocycles. The zero-order valence-electron chi connectivity index (χ0n) is 20.9. The maximum Gasteiger partial charge on any atom is 0.296 e. The molecule has 1 amide bonds. The van der Waals surface area contributed by atoms with Gasteiger partial charge in [-0.2, -0.15) is 0 Å². The Morgan fingerprint density at radius 2 is 1.92 bits per heavy atom. The molecule has 2 aromatic carbocycles. The average molecular weight is 582 g/mol. The van der Waals surface area contributed by atoms with Crippen molar-refractivity contribution in [2.75, 3.05) is 11.5 Å². The lowest BCUT2D eigenvalue weighted by Gasteiger charge is -2.24. The predicted molar refractivity (Wildman–Crippen MR) is 151 cm³/mol. The van der Waals surface area contributed by atoms with E-state index in [2.05, 4.69) is 17.1 Å². The number of anilines is 1. The van der Waals surface area contributed by atoms with E-state index < -0.39 is 23.5 Å². The number of rotatable bonds is 11. The van der Waals surface area contributed by atoms with Crippen molar-refractivity contribution in [1.29, 1.82) is 0 Å². The van der Waals surface area contributed by atoms with Crippen LogP contribution in [0.2, 0.25) is 0 Å². The summed E-state index contributed by atoms with van der Waals surface area (Å²) in [6, 6.07) is 16.1. The van der Waals surface area contributed by atoms with Crippen LogP contribution in [0.5, 0.6) is 5.75 Å². The van der Waals surface area contributed by atoms with Gasteiger partial charge in [-0.3, -0.25) is 14.5 Å². The fourth-order valence-corrected chi connectivity index (χ4v) is 6.62. The number of hydrogen-bond donors (Lipinski definition) is 1. The first-order valence-corrected chi connectivity index (χ1v) is 14.9. The molecule has 39 heavy (non-hydrogen) atoms. The number of hydrogen-bond acceptors (Lipinski definition) is 9. The van der Waals surface area contributed by atoms with Crippen molar-refractivity contribution < 1.29 is 23.8 Å². The van der Waals surface area contributed by atoms with Gasteiger partial charge in [0.25, 0.3) is 5.91 Å². The molecule has 1 N–H and O–H groups in total. The van der Waals surface area contributed by atoms with E-state index in [0.717, 1.165) is 24.2 Å². The number of amides is 1. The Kier molecular flexibility index (Phi) is 8.39. The van der Waals surface area contributed by atoms with Crippen LogP contribution in [-0.4, -0.2) is 33.6 Å². The van der Waals surface area contributed by atoms with Gasteiger partial charge in [-0.05, 0) is 47.2 Å². The number of carbonyl (C=O) groups is 2. The molecule has 200 valence electrons. The third kappa shape index (κ3) is 5.75. The van der Waals surface area contributed by atoms with E-state index in [9.17, 15) is 19.1 Å². The van der Waals surface area contributed by atoms with Crippen molar-refractivity contribution in [3.8, 4) is 5.75 Å². The van der Waals surface area contributed by atoms with Crippen molar-refractivity contribution in [3.63, 3.8) is 0 Å². The Labute approximate surface area is 237 Å². The Hall–Kier alpha value is -3.54. The molecule has 0 aliphatic carbocycles. The summed E-state index contributed by atoms with van der Waals surface area (Å²) >= 11 is 3.67. The van der Waals surface area contributed by atoms with Crippen molar-refractivity contribution in [2.45, 2.75) is 35.9 Å². The summed E-state index contributed by atoms with van der Waals surface area (Å²) in [5, 5.41) is 21.3. The van der Waals surface area contributed by atoms with Gasteiger partial charge in [0, 0.05) is 5.75 Å². The molecule has 1 unspecified atom stereocenters. The summed E-state index contributed by atoms with van der Waals surface area (Å²) in [5.41, 5.74) is 1.13. The smallest absolute Gasteiger partial charge is 0.296 e. The Morgan fingerprint density at radius 1 is 1.13 bits per heavy atom. The monoisotopic (exact) mass is 581 g/mol. The second-order valence-electron chi connectivity index (χ2n) is 8.65. The lowest BCUT2D eigenvalue weighted by molar-refractivity contribution is -0.117. The first-order valence-electron chi connectivity index (χ1n) is 12.2. The number of Topliss-reactive ketones (excluding diaryl/α,β-unsaturated/α-hetero) is 1. The summed E-state index contributed by atoms with van der Waals surface area (Å²) in [6.07, 6.45) is 1.94. The normalized spacial score (nSPS) is 15.3. The molecule has 4 aromatic rings. The molecule has 11 heteroatoms. The molecule has 1 aliphatic heterocycles. The molecular weight excluding hydrogens is 558 g/mol. The zero-order chi connectivity index (χ0) is 27.4. The lowest BCUT2D eigenvalue weighted by atomic mass is 9.95. The fraction of sp³-hybridized carbons (Fsp3) is 0.214. The quantitative estimate of drug-likeness (QED) is 0.0883. The van der Waals surface area contributed by atoms with Crippen molar-refractivity contribution in [2.24, 2.45) is 0 Å². The maximum absolute atomic E-state index is 14.1. The fourth-order valence-electron chi connectivity index (χ4n) is 4.08. The minimum Gasteiger partial charge on any atom is -0.503 e. The predicted octanol–water partition coefficient (Wildman–Crippen LogP) is 6.99. The van der Waals surface area contributed by atoms with Gasteiger partial charge in [0.05, 0.1) is 23.1 Å². The number of aromatic nitrogens is 2. The van der Waals surface area contributed by atoms with Gasteiger partial charge in [0.2, 0.25) is 10.9 Å². The van der Waals surface area contributed by atoms with E-state index in [-0.39, 0.29) is 16.5 Å². The third-order valence-electron chi connectivity index (χ3n) is 6.07. The second-order valence-corrected chi connectivity index (χ2v) is 11.8. The van der Waals surface area contributed by atoms with Gasteiger partial charge in [0.1, 0.15) is 11.6 Å². The SMILES string of the molecule is CCCCOc1ccc(C2C(C(=O)c3cccs3)=C(O)C(=O)N2c2nnc(SCc3ccccc3F)s2)cc1. The molecule has 1 atom stereocenters. The summed E-state index contributed by atoms with van der Waals surface area (Å²) in [6.45, 7) is 2.67. The van der Waals surface area contributed by atoms with Crippen LogP contribution in [0.1, 0.15) is 46.6 Å². The Balaban J connectivity index is 1.46. The highest BCUT2D eigenvalue weighted by Crippen LogP contribution is 2.44. The van der Waals surface area contributed by atoms with Crippen molar-refractivity contribution in [3.05, 3.63) is 99.2 Å². The number of ketones is 1. The molecule has 7 nitrogen and oxygen atoms in total. The molecule has 0 fully saturated rings. The highest BCUT2D eigenvalue weighted by atomic mass is 32.2. The summed E-state index contributed by atoms with van der Waals surface area (Å²) < 4.78 is 20.3. The van der Waals surface area contributed by atoms with Crippen molar-refractivity contribution in [1.82, 2.24) is 10.2 Å². The van der Waals surface area contributed by atoms with Crippen LogP contribution in [0, 0.1) is 5.82 Å².